The molecule has 0 aliphatic rings. The second-order valence-corrected chi connectivity index (χ2v) is 3.20. The van der Waals surface area contributed by atoms with Crippen LogP contribution in [0.2, 0.25) is 0 Å². The highest BCUT2D eigenvalue weighted by Crippen LogP contribution is 2.17. The molecule has 13 heavy (non-hydrogen) atoms. The number of halogens is 1. The highest BCUT2D eigenvalue weighted by molar-refractivity contribution is 9.10. The molecular weight excluding hydrogens is 234 g/mol. The molecule has 2 N–H and O–H groups in total. The summed E-state index contributed by atoms with van der Waals surface area (Å²) in [4.78, 5) is 11.1. The summed E-state index contributed by atoms with van der Waals surface area (Å²) >= 11 is 3.21. The standard InChI is InChI=1S/C8H8BrN3O/c1-2-3-4-7(13)11-8-6(9)5-10-12-8/h1,5H,3-4H2,(H2,10,11,12,13). The van der Waals surface area contributed by atoms with Crippen LogP contribution in [0.25, 0.3) is 0 Å². The van der Waals surface area contributed by atoms with Crippen LogP contribution in [-0.2, 0) is 4.79 Å². The highest BCUT2D eigenvalue weighted by atomic mass is 79.9. The van der Waals surface area contributed by atoms with Crippen molar-refractivity contribution in [1.29, 1.82) is 0 Å². The normalized spacial score (nSPS) is 9.23. The van der Waals surface area contributed by atoms with E-state index in [1.165, 1.54) is 0 Å². The maximum Gasteiger partial charge on any atom is 0.226 e. The molecule has 68 valence electrons. The van der Waals surface area contributed by atoms with E-state index in [1.54, 1.807) is 6.20 Å². The van der Waals surface area contributed by atoms with Gasteiger partial charge in [0.25, 0.3) is 0 Å². The molecule has 0 saturated carbocycles. The van der Waals surface area contributed by atoms with Crippen molar-refractivity contribution in [2.24, 2.45) is 0 Å². The number of rotatable bonds is 3. The Hall–Kier alpha value is -1.28. The third kappa shape index (κ3) is 2.92. The zero-order valence-corrected chi connectivity index (χ0v) is 8.39. The first-order valence-electron chi connectivity index (χ1n) is 3.66. The lowest BCUT2D eigenvalue weighted by molar-refractivity contribution is -0.116. The Balaban J connectivity index is 2.46. The minimum Gasteiger partial charge on any atom is -0.310 e. The van der Waals surface area contributed by atoms with E-state index in [2.05, 4.69) is 37.4 Å². The number of hydrogen-bond donors (Lipinski definition) is 2. The van der Waals surface area contributed by atoms with Crippen molar-refractivity contribution in [3.05, 3.63) is 10.7 Å². The maximum absolute atomic E-state index is 11.1. The third-order valence-corrected chi connectivity index (χ3v) is 1.96. The van der Waals surface area contributed by atoms with Crippen LogP contribution >= 0.6 is 15.9 Å². The number of aromatic nitrogens is 2. The Morgan fingerprint density at radius 1 is 1.85 bits per heavy atom. The van der Waals surface area contributed by atoms with Crippen LogP contribution in [0.3, 0.4) is 0 Å². The van der Waals surface area contributed by atoms with Gasteiger partial charge >= 0.3 is 0 Å². The van der Waals surface area contributed by atoms with Crippen LogP contribution in [0.1, 0.15) is 12.8 Å². The van der Waals surface area contributed by atoms with E-state index in [9.17, 15) is 4.79 Å². The van der Waals surface area contributed by atoms with Crippen molar-refractivity contribution in [2.45, 2.75) is 12.8 Å². The van der Waals surface area contributed by atoms with Crippen LogP contribution in [0, 0.1) is 12.3 Å². The van der Waals surface area contributed by atoms with Gasteiger partial charge in [-0.15, -0.1) is 12.3 Å². The summed E-state index contributed by atoms with van der Waals surface area (Å²) in [6.07, 6.45) is 7.35. The van der Waals surface area contributed by atoms with E-state index in [-0.39, 0.29) is 5.91 Å². The molecule has 5 heteroatoms. The van der Waals surface area contributed by atoms with Crippen LogP contribution in [0.5, 0.6) is 0 Å². The van der Waals surface area contributed by atoms with E-state index in [4.69, 9.17) is 6.42 Å². The second kappa shape index (κ2) is 4.67. The van der Waals surface area contributed by atoms with E-state index in [0.29, 0.717) is 18.7 Å². The number of terminal acetylenes is 1. The van der Waals surface area contributed by atoms with Gasteiger partial charge < -0.3 is 5.32 Å². The van der Waals surface area contributed by atoms with E-state index < -0.39 is 0 Å². The number of carbonyl (C=O) groups is 1. The number of aromatic amines is 1. The molecule has 0 bridgehead atoms. The van der Waals surface area contributed by atoms with Gasteiger partial charge in [-0.3, -0.25) is 9.89 Å². The van der Waals surface area contributed by atoms with Gasteiger partial charge in [-0.25, -0.2) is 0 Å². The number of H-pyrrole nitrogens is 1. The van der Waals surface area contributed by atoms with Crippen molar-refractivity contribution in [3.63, 3.8) is 0 Å². The van der Waals surface area contributed by atoms with Crippen molar-refractivity contribution in [1.82, 2.24) is 10.2 Å². The molecule has 1 amide bonds. The first-order valence-corrected chi connectivity index (χ1v) is 4.45. The number of anilines is 1. The summed E-state index contributed by atoms with van der Waals surface area (Å²) in [5.41, 5.74) is 0. The molecule has 1 aromatic rings. The molecule has 0 aliphatic heterocycles. The van der Waals surface area contributed by atoms with Gasteiger partial charge in [0.1, 0.15) is 5.82 Å². The quantitative estimate of drug-likeness (QED) is 0.789. The van der Waals surface area contributed by atoms with Crippen LogP contribution in [0.15, 0.2) is 10.7 Å². The molecule has 0 fully saturated rings. The molecule has 0 unspecified atom stereocenters. The molecular formula is C8H8BrN3O. The maximum atomic E-state index is 11.1. The SMILES string of the molecule is C#CCCC(=O)Nc1[nH]ncc1Br. The summed E-state index contributed by atoms with van der Waals surface area (Å²) in [6, 6.07) is 0. The van der Waals surface area contributed by atoms with Gasteiger partial charge in [-0.2, -0.15) is 5.10 Å². The van der Waals surface area contributed by atoms with Gasteiger partial charge in [0.2, 0.25) is 5.91 Å². The first kappa shape index (κ1) is 9.81. The molecule has 0 aromatic carbocycles. The lowest BCUT2D eigenvalue weighted by Crippen LogP contribution is -2.11. The number of amides is 1. The minimum absolute atomic E-state index is 0.122. The molecule has 1 aromatic heterocycles. The Bertz CT molecular complexity index is 339. The summed E-state index contributed by atoms with van der Waals surface area (Å²) in [7, 11) is 0. The van der Waals surface area contributed by atoms with Crippen LogP contribution < -0.4 is 5.32 Å². The van der Waals surface area contributed by atoms with Crippen molar-refractivity contribution >= 4 is 27.7 Å². The Kier molecular flexibility index (Phi) is 3.53. The van der Waals surface area contributed by atoms with Gasteiger partial charge in [0, 0.05) is 12.8 Å². The zero-order chi connectivity index (χ0) is 9.68. The Morgan fingerprint density at radius 3 is 3.15 bits per heavy atom. The number of nitrogens with one attached hydrogen (secondary N) is 2. The fraction of sp³-hybridized carbons (Fsp3) is 0.250. The van der Waals surface area contributed by atoms with Crippen molar-refractivity contribution in [2.75, 3.05) is 5.32 Å². The lowest BCUT2D eigenvalue weighted by Gasteiger charge is -2.00. The van der Waals surface area contributed by atoms with Gasteiger partial charge in [0.15, 0.2) is 0 Å². The fourth-order valence-electron chi connectivity index (χ4n) is 0.747. The second-order valence-electron chi connectivity index (χ2n) is 2.35. The predicted octanol–water partition coefficient (Wildman–Crippen LogP) is 1.52. The zero-order valence-electron chi connectivity index (χ0n) is 6.80. The summed E-state index contributed by atoms with van der Waals surface area (Å²) in [6.45, 7) is 0. The lowest BCUT2D eigenvalue weighted by atomic mass is 10.3. The first-order chi connectivity index (χ1) is 6.24. The van der Waals surface area contributed by atoms with Gasteiger partial charge in [0.05, 0.1) is 10.7 Å². The minimum atomic E-state index is -0.122. The van der Waals surface area contributed by atoms with E-state index >= 15 is 0 Å². The topological polar surface area (TPSA) is 57.8 Å². The molecule has 0 aliphatic carbocycles. The summed E-state index contributed by atoms with van der Waals surface area (Å²) in [5.74, 6) is 2.83. The molecule has 1 rings (SSSR count). The monoisotopic (exact) mass is 241 g/mol. The molecule has 1 heterocycles. The molecule has 0 spiro atoms. The largest absolute Gasteiger partial charge is 0.310 e. The number of nitrogens with zero attached hydrogens (tertiary/aromatic N) is 1. The third-order valence-electron chi connectivity index (χ3n) is 1.35. The molecule has 0 atom stereocenters. The predicted molar refractivity (Wildman–Crippen MR) is 53.0 cm³/mol. The van der Waals surface area contributed by atoms with Crippen LogP contribution in [-0.4, -0.2) is 16.1 Å². The molecule has 0 saturated heterocycles. The van der Waals surface area contributed by atoms with Crippen LogP contribution in [0.4, 0.5) is 5.82 Å². The van der Waals surface area contributed by atoms with Gasteiger partial charge in [-0.05, 0) is 15.9 Å². The highest BCUT2D eigenvalue weighted by Gasteiger charge is 2.05. The average Bonchev–Trinajstić information content (AvgIpc) is 2.48. The smallest absolute Gasteiger partial charge is 0.226 e. The Labute approximate surface area is 84.2 Å². The average molecular weight is 242 g/mol. The molecule has 4 nitrogen and oxygen atoms in total. The van der Waals surface area contributed by atoms with Crippen molar-refractivity contribution in [3.8, 4) is 12.3 Å². The van der Waals surface area contributed by atoms with E-state index in [1.807, 2.05) is 0 Å². The summed E-state index contributed by atoms with van der Waals surface area (Å²) < 4.78 is 0.724. The number of carbonyl (C=O) groups excluding carboxylic acids is 1. The van der Waals surface area contributed by atoms with Crippen molar-refractivity contribution < 1.29 is 4.79 Å². The van der Waals surface area contributed by atoms with Gasteiger partial charge in [-0.1, -0.05) is 0 Å². The van der Waals surface area contributed by atoms with E-state index in [0.717, 1.165) is 4.47 Å². The number of hydrogen-bond acceptors (Lipinski definition) is 2. The summed E-state index contributed by atoms with van der Waals surface area (Å²) in [5, 5.41) is 8.99. The fourth-order valence-corrected chi connectivity index (χ4v) is 1.04. The molecule has 0 radical (unpaired) electrons. The Morgan fingerprint density at radius 2 is 2.62 bits per heavy atom.